The molecule has 0 aliphatic rings. The van der Waals surface area contributed by atoms with Crippen molar-refractivity contribution in [3.05, 3.63) is 41.7 Å². The highest BCUT2D eigenvalue weighted by atomic mass is 19.3. The fraction of sp³-hybridized carbons (Fsp3) is 0.389. The predicted molar refractivity (Wildman–Crippen MR) is 97.1 cm³/mol. The van der Waals surface area contributed by atoms with Crippen LogP contribution in [0, 0.1) is 5.92 Å². The van der Waals surface area contributed by atoms with Crippen molar-refractivity contribution in [2.24, 2.45) is 5.92 Å². The average Bonchev–Trinajstić information content (AvgIpc) is 2.94. The van der Waals surface area contributed by atoms with E-state index in [1.54, 1.807) is 24.3 Å². The summed E-state index contributed by atoms with van der Waals surface area (Å²) in [6, 6.07) is 6.00. The second kappa shape index (κ2) is 9.11. The monoisotopic (exact) mass is 380 g/mol. The van der Waals surface area contributed by atoms with Crippen LogP contribution in [0.25, 0.3) is 0 Å². The van der Waals surface area contributed by atoms with E-state index in [9.17, 15) is 18.4 Å². The predicted octanol–water partition coefficient (Wildman–Crippen LogP) is 4.14. The summed E-state index contributed by atoms with van der Waals surface area (Å²) < 4.78 is 27.9. The normalized spacial score (nSPS) is 11.0. The Morgan fingerprint density at radius 3 is 2.63 bits per heavy atom. The molecule has 1 aromatic heterocycles. The van der Waals surface area contributed by atoms with E-state index in [0.29, 0.717) is 18.7 Å². The lowest BCUT2D eigenvalue weighted by Crippen LogP contribution is -2.20. The molecule has 0 atom stereocenters. The lowest BCUT2D eigenvalue weighted by atomic mass is 10.1. The van der Waals surface area contributed by atoms with Crippen LogP contribution < -0.4 is 10.6 Å². The Morgan fingerprint density at radius 2 is 2.00 bits per heavy atom. The summed E-state index contributed by atoms with van der Waals surface area (Å²) in [6.07, 6.45) is -1.28. The molecule has 1 heterocycles. The van der Waals surface area contributed by atoms with E-state index in [4.69, 9.17) is 5.11 Å². The maximum absolute atomic E-state index is 13.4. The number of nitrogens with one attached hydrogen (secondary N) is 2. The Bertz CT molecular complexity index is 806. The number of urea groups is 1. The number of carboxylic acids is 1. The molecule has 0 aliphatic carbocycles. The minimum absolute atomic E-state index is 0.0254. The largest absolute Gasteiger partial charge is 0.481 e. The fourth-order valence-electron chi connectivity index (χ4n) is 2.55. The Morgan fingerprint density at radius 1 is 1.26 bits per heavy atom. The summed E-state index contributed by atoms with van der Waals surface area (Å²) in [5.74, 6) is -0.790. The maximum atomic E-state index is 13.4. The van der Waals surface area contributed by atoms with E-state index < -0.39 is 18.4 Å². The number of rotatable bonds is 8. The van der Waals surface area contributed by atoms with Crippen molar-refractivity contribution in [3.63, 3.8) is 0 Å². The van der Waals surface area contributed by atoms with Crippen LogP contribution in [-0.4, -0.2) is 26.9 Å². The zero-order valence-corrected chi connectivity index (χ0v) is 15.1. The van der Waals surface area contributed by atoms with Gasteiger partial charge in [0.2, 0.25) is 0 Å². The van der Waals surface area contributed by atoms with Crippen molar-refractivity contribution in [3.8, 4) is 0 Å². The average molecular weight is 380 g/mol. The fourth-order valence-corrected chi connectivity index (χ4v) is 2.55. The number of aryl methyl sites for hydroxylation is 1. The Labute approximate surface area is 155 Å². The highest BCUT2D eigenvalue weighted by molar-refractivity contribution is 6.00. The molecule has 0 fully saturated rings. The van der Waals surface area contributed by atoms with Crippen LogP contribution in [0.1, 0.15) is 38.0 Å². The molecule has 0 aliphatic heterocycles. The second-order valence-corrected chi connectivity index (χ2v) is 6.49. The first-order valence-corrected chi connectivity index (χ1v) is 8.49. The molecule has 7 nitrogen and oxygen atoms in total. The molecular formula is C18H22F2N4O3. The Kier molecular flexibility index (Phi) is 6.86. The van der Waals surface area contributed by atoms with Gasteiger partial charge in [-0.3, -0.25) is 9.48 Å². The summed E-state index contributed by atoms with van der Waals surface area (Å²) in [7, 11) is 0. The van der Waals surface area contributed by atoms with Gasteiger partial charge >= 0.3 is 12.0 Å². The number of carboxylic acid groups (broad SMARTS) is 1. The van der Waals surface area contributed by atoms with E-state index in [-0.39, 0.29) is 23.7 Å². The summed E-state index contributed by atoms with van der Waals surface area (Å²) in [5, 5.41) is 17.6. The van der Waals surface area contributed by atoms with Crippen molar-refractivity contribution in [1.82, 2.24) is 9.78 Å². The number of amides is 2. The van der Waals surface area contributed by atoms with Gasteiger partial charge in [0.05, 0.1) is 11.9 Å². The SMILES string of the molecule is CC(C)Cn1ncc(NC(=O)Nc2cccc(CCC(=O)O)c2)c1C(F)F. The van der Waals surface area contributed by atoms with E-state index >= 15 is 0 Å². The van der Waals surface area contributed by atoms with Crippen LogP contribution in [0.5, 0.6) is 0 Å². The van der Waals surface area contributed by atoms with Gasteiger partial charge in [0, 0.05) is 18.7 Å². The zero-order chi connectivity index (χ0) is 20.0. The molecular weight excluding hydrogens is 358 g/mol. The van der Waals surface area contributed by atoms with Gasteiger partial charge in [0.15, 0.2) is 0 Å². The van der Waals surface area contributed by atoms with Gasteiger partial charge in [-0.2, -0.15) is 5.10 Å². The summed E-state index contributed by atoms with van der Waals surface area (Å²) in [5.41, 5.74) is 0.788. The molecule has 2 amide bonds. The Hall–Kier alpha value is -2.97. The third kappa shape index (κ3) is 6.05. The molecule has 27 heavy (non-hydrogen) atoms. The number of aromatic nitrogens is 2. The summed E-state index contributed by atoms with van der Waals surface area (Å²) in [4.78, 5) is 22.8. The van der Waals surface area contributed by atoms with E-state index in [1.165, 1.54) is 10.9 Å². The molecule has 0 radical (unpaired) electrons. The standard InChI is InChI=1S/C18H22F2N4O3/c1-11(2)10-24-16(17(19)20)14(9-21-24)23-18(27)22-13-5-3-4-12(8-13)6-7-15(25)26/h3-5,8-9,11,17H,6-7,10H2,1-2H3,(H,25,26)(H2,22,23,27). The van der Waals surface area contributed by atoms with Crippen molar-refractivity contribution in [2.45, 2.75) is 39.7 Å². The van der Waals surface area contributed by atoms with E-state index in [2.05, 4.69) is 15.7 Å². The van der Waals surface area contributed by atoms with Crippen LogP contribution in [0.2, 0.25) is 0 Å². The molecule has 9 heteroatoms. The highest BCUT2D eigenvalue weighted by Gasteiger charge is 2.22. The van der Waals surface area contributed by atoms with Crippen LogP contribution in [-0.2, 0) is 17.8 Å². The molecule has 1 aromatic carbocycles. The topological polar surface area (TPSA) is 96.3 Å². The Balaban J connectivity index is 2.07. The zero-order valence-electron chi connectivity index (χ0n) is 15.1. The van der Waals surface area contributed by atoms with E-state index in [1.807, 2.05) is 13.8 Å². The van der Waals surface area contributed by atoms with Gasteiger partial charge in [0.1, 0.15) is 5.69 Å². The summed E-state index contributed by atoms with van der Waals surface area (Å²) in [6.45, 7) is 4.08. The first-order chi connectivity index (χ1) is 12.8. The van der Waals surface area contributed by atoms with Gasteiger partial charge in [-0.1, -0.05) is 26.0 Å². The van der Waals surface area contributed by atoms with Gasteiger partial charge < -0.3 is 15.7 Å². The third-order valence-electron chi connectivity index (χ3n) is 3.69. The number of carbonyl (C=O) groups is 2. The molecule has 0 saturated heterocycles. The van der Waals surface area contributed by atoms with Crippen molar-refractivity contribution < 1.29 is 23.5 Å². The van der Waals surface area contributed by atoms with Crippen LogP contribution in [0.4, 0.5) is 25.0 Å². The number of halogens is 2. The van der Waals surface area contributed by atoms with Crippen LogP contribution >= 0.6 is 0 Å². The molecule has 0 spiro atoms. The van der Waals surface area contributed by atoms with Gasteiger partial charge in [-0.15, -0.1) is 0 Å². The minimum atomic E-state index is -2.78. The molecule has 2 aromatic rings. The molecule has 0 unspecified atom stereocenters. The van der Waals surface area contributed by atoms with E-state index in [0.717, 1.165) is 5.56 Å². The number of hydrogen-bond acceptors (Lipinski definition) is 3. The molecule has 146 valence electrons. The molecule has 0 bridgehead atoms. The lowest BCUT2D eigenvalue weighted by molar-refractivity contribution is -0.136. The quantitative estimate of drug-likeness (QED) is 0.641. The second-order valence-electron chi connectivity index (χ2n) is 6.49. The molecule has 2 rings (SSSR count). The number of alkyl halides is 2. The van der Waals surface area contributed by atoms with Gasteiger partial charge in [-0.05, 0) is 30.0 Å². The number of benzene rings is 1. The molecule has 0 saturated carbocycles. The first kappa shape index (κ1) is 20.3. The van der Waals surface area contributed by atoms with Crippen molar-refractivity contribution in [2.75, 3.05) is 10.6 Å². The maximum Gasteiger partial charge on any atom is 0.323 e. The van der Waals surface area contributed by atoms with Gasteiger partial charge in [-0.25, -0.2) is 13.6 Å². The first-order valence-electron chi connectivity index (χ1n) is 8.49. The molecule has 3 N–H and O–H groups in total. The lowest BCUT2D eigenvalue weighted by Gasteiger charge is -2.12. The summed E-state index contributed by atoms with van der Waals surface area (Å²) >= 11 is 0. The number of anilines is 2. The number of aliphatic carboxylic acids is 1. The third-order valence-corrected chi connectivity index (χ3v) is 3.69. The van der Waals surface area contributed by atoms with Crippen LogP contribution in [0.15, 0.2) is 30.5 Å². The smallest absolute Gasteiger partial charge is 0.323 e. The number of nitrogens with zero attached hydrogens (tertiary/aromatic N) is 2. The number of hydrogen-bond donors (Lipinski definition) is 3. The highest BCUT2D eigenvalue weighted by Crippen LogP contribution is 2.27. The number of carbonyl (C=O) groups excluding carboxylic acids is 1. The van der Waals surface area contributed by atoms with Crippen molar-refractivity contribution >= 4 is 23.4 Å². The van der Waals surface area contributed by atoms with Crippen LogP contribution in [0.3, 0.4) is 0 Å². The van der Waals surface area contributed by atoms with Gasteiger partial charge in [0.25, 0.3) is 6.43 Å². The van der Waals surface area contributed by atoms with Crippen molar-refractivity contribution in [1.29, 1.82) is 0 Å². The minimum Gasteiger partial charge on any atom is -0.481 e.